The molecular weight excluding hydrogens is 156 g/mol. The second kappa shape index (κ2) is 3.96. The van der Waals surface area contributed by atoms with E-state index in [-0.39, 0.29) is 5.78 Å². The highest BCUT2D eigenvalue weighted by atomic mass is 16.1. The first-order valence-electron chi connectivity index (χ1n) is 3.73. The minimum atomic E-state index is 0.119. The molecule has 1 rings (SSSR count). The second-order valence-electron chi connectivity index (χ2n) is 2.55. The molecule has 0 fully saturated rings. The van der Waals surface area contributed by atoms with Gasteiger partial charge in [-0.3, -0.25) is 9.48 Å². The van der Waals surface area contributed by atoms with Gasteiger partial charge in [0, 0.05) is 7.05 Å². The number of hydrogen-bond donors (Lipinski definition) is 1. The van der Waals surface area contributed by atoms with E-state index in [1.54, 1.807) is 18.8 Å². The molecule has 1 aromatic heterocycles. The Labute approximate surface area is 70.8 Å². The molecule has 0 saturated carbocycles. The lowest BCUT2D eigenvalue weighted by molar-refractivity contribution is -0.117. The third kappa shape index (κ3) is 2.13. The summed E-state index contributed by atoms with van der Waals surface area (Å²) in [4.78, 5) is 15.1. The molecule has 0 aromatic carbocycles. The van der Waals surface area contributed by atoms with Crippen molar-refractivity contribution < 1.29 is 4.79 Å². The zero-order valence-electron chi connectivity index (χ0n) is 7.24. The van der Waals surface area contributed by atoms with E-state index in [1.165, 1.54) is 6.33 Å². The molecular formula is C7H12N4O. The van der Waals surface area contributed by atoms with Crippen molar-refractivity contribution in [2.45, 2.75) is 6.42 Å². The molecule has 0 radical (unpaired) electrons. The lowest BCUT2D eigenvalue weighted by atomic mass is 10.3. The van der Waals surface area contributed by atoms with Gasteiger partial charge in [-0.1, -0.05) is 0 Å². The number of carbonyl (C=O) groups excluding carboxylic acids is 1. The van der Waals surface area contributed by atoms with Crippen molar-refractivity contribution in [1.82, 2.24) is 20.1 Å². The van der Waals surface area contributed by atoms with Gasteiger partial charge in [0.15, 0.2) is 5.78 Å². The molecule has 0 atom stereocenters. The second-order valence-corrected chi connectivity index (χ2v) is 2.55. The molecule has 0 saturated heterocycles. The standard InChI is InChI=1S/C7H12N4O/c1-8-4-6(12)3-7-9-5-10-11(7)2/h5,8H,3-4H2,1-2H3. The summed E-state index contributed by atoms with van der Waals surface area (Å²) in [6.45, 7) is 0.382. The van der Waals surface area contributed by atoms with Gasteiger partial charge in [0.05, 0.1) is 13.0 Å². The Bertz CT molecular complexity index is 268. The van der Waals surface area contributed by atoms with Crippen LogP contribution >= 0.6 is 0 Å². The Kier molecular flexibility index (Phi) is 2.93. The SMILES string of the molecule is CNCC(=O)Cc1ncnn1C. The number of ketones is 1. The Hall–Kier alpha value is -1.23. The summed E-state index contributed by atoms with van der Waals surface area (Å²) in [5.41, 5.74) is 0. The van der Waals surface area contributed by atoms with Crippen LogP contribution in [0.15, 0.2) is 6.33 Å². The van der Waals surface area contributed by atoms with Gasteiger partial charge in [-0.25, -0.2) is 4.98 Å². The van der Waals surface area contributed by atoms with Gasteiger partial charge in [0.25, 0.3) is 0 Å². The third-order valence-electron chi connectivity index (χ3n) is 1.53. The van der Waals surface area contributed by atoms with Crippen LogP contribution in [0, 0.1) is 0 Å². The number of nitrogens with one attached hydrogen (secondary N) is 1. The predicted octanol–water partition coefficient (Wildman–Crippen LogP) is -0.854. The molecule has 1 N–H and O–H groups in total. The number of likely N-dealkylation sites (N-methyl/N-ethyl adjacent to an activating group) is 1. The summed E-state index contributed by atoms with van der Waals surface area (Å²) >= 11 is 0. The lowest BCUT2D eigenvalue weighted by Crippen LogP contribution is -2.21. The zero-order chi connectivity index (χ0) is 8.97. The van der Waals surface area contributed by atoms with Gasteiger partial charge < -0.3 is 5.32 Å². The fraction of sp³-hybridized carbons (Fsp3) is 0.571. The number of hydrogen-bond acceptors (Lipinski definition) is 4. The number of carbonyl (C=O) groups is 1. The summed E-state index contributed by atoms with van der Waals surface area (Å²) in [5, 5.41) is 6.66. The van der Waals surface area contributed by atoms with Crippen LogP contribution in [0.5, 0.6) is 0 Å². The van der Waals surface area contributed by atoms with Crippen LogP contribution in [0.2, 0.25) is 0 Å². The van der Waals surface area contributed by atoms with Crippen molar-refractivity contribution >= 4 is 5.78 Å². The number of aryl methyl sites for hydroxylation is 1. The highest BCUT2D eigenvalue weighted by Gasteiger charge is 2.06. The first kappa shape index (κ1) is 8.86. The molecule has 0 spiro atoms. The van der Waals surface area contributed by atoms with E-state index < -0.39 is 0 Å². The van der Waals surface area contributed by atoms with Crippen LogP contribution in [0.3, 0.4) is 0 Å². The molecule has 5 heteroatoms. The average molecular weight is 168 g/mol. The number of Topliss-reactive ketones (excluding diaryl/α,β-unsaturated/α-hetero) is 1. The monoisotopic (exact) mass is 168 g/mol. The van der Waals surface area contributed by atoms with E-state index in [2.05, 4.69) is 15.4 Å². The van der Waals surface area contributed by atoms with Crippen molar-refractivity contribution in [1.29, 1.82) is 0 Å². The summed E-state index contributed by atoms with van der Waals surface area (Å²) in [6.07, 6.45) is 1.79. The Morgan fingerprint density at radius 2 is 2.50 bits per heavy atom. The van der Waals surface area contributed by atoms with Crippen LogP contribution in [-0.2, 0) is 18.3 Å². The fourth-order valence-electron chi connectivity index (χ4n) is 0.916. The minimum Gasteiger partial charge on any atom is -0.313 e. The summed E-state index contributed by atoms with van der Waals surface area (Å²) in [7, 11) is 3.52. The molecule has 0 bridgehead atoms. The average Bonchev–Trinajstić information content (AvgIpc) is 2.37. The highest BCUT2D eigenvalue weighted by Crippen LogP contribution is 1.92. The molecule has 5 nitrogen and oxygen atoms in total. The number of aromatic nitrogens is 3. The normalized spacial score (nSPS) is 10.2. The van der Waals surface area contributed by atoms with Crippen molar-refractivity contribution in [3.63, 3.8) is 0 Å². The van der Waals surface area contributed by atoms with E-state index in [0.29, 0.717) is 18.8 Å². The summed E-state index contributed by atoms with van der Waals surface area (Å²) in [5.74, 6) is 0.823. The molecule has 1 aromatic rings. The number of nitrogens with zero attached hydrogens (tertiary/aromatic N) is 3. The highest BCUT2D eigenvalue weighted by molar-refractivity contribution is 5.82. The fourth-order valence-corrected chi connectivity index (χ4v) is 0.916. The molecule has 0 aliphatic heterocycles. The lowest BCUT2D eigenvalue weighted by Gasteiger charge is -1.98. The maximum atomic E-state index is 11.1. The maximum Gasteiger partial charge on any atom is 0.154 e. The van der Waals surface area contributed by atoms with E-state index in [4.69, 9.17) is 0 Å². The predicted molar refractivity (Wildman–Crippen MR) is 43.6 cm³/mol. The van der Waals surface area contributed by atoms with Crippen LogP contribution in [-0.4, -0.2) is 34.1 Å². The van der Waals surface area contributed by atoms with Crippen LogP contribution in [0.1, 0.15) is 5.82 Å². The van der Waals surface area contributed by atoms with E-state index in [9.17, 15) is 4.79 Å². The van der Waals surface area contributed by atoms with Crippen molar-refractivity contribution in [2.24, 2.45) is 7.05 Å². The smallest absolute Gasteiger partial charge is 0.154 e. The van der Waals surface area contributed by atoms with Gasteiger partial charge >= 0.3 is 0 Å². The van der Waals surface area contributed by atoms with Gasteiger partial charge in [-0.2, -0.15) is 5.10 Å². The van der Waals surface area contributed by atoms with Crippen molar-refractivity contribution in [3.8, 4) is 0 Å². The largest absolute Gasteiger partial charge is 0.313 e. The Balaban J connectivity index is 2.52. The summed E-state index contributed by atoms with van der Waals surface area (Å²) < 4.78 is 1.60. The molecule has 66 valence electrons. The first-order chi connectivity index (χ1) is 5.74. The third-order valence-corrected chi connectivity index (χ3v) is 1.53. The number of rotatable bonds is 4. The van der Waals surface area contributed by atoms with Crippen molar-refractivity contribution in [3.05, 3.63) is 12.2 Å². The van der Waals surface area contributed by atoms with Crippen LogP contribution in [0.4, 0.5) is 0 Å². The molecule has 0 aliphatic carbocycles. The zero-order valence-corrected chi connectivity index (χ0v) is 7.24. The quantitative estimate of drug-likeness (QED) is 0.636. The van der Waals surface area contributed by atoms with E-state index in [1.807, 2.05) is 0 Å². The Morgan fingerprint density at radius 3 is 3.00 bits per heavy atom. The maximum absolute atomic E-state index is 11.1. The Morgan fingerprint density at radius 1 is 1.75 bits per heavy atom. The first-order valence-corrected chi connectivity index (χ1v) is 3.73. The molecule has 12 heavy (non-hydrogen) atoms. The molecule has 0 aliphatic rings. The minimum absolute atomic E-state index is 0.119. The van der Waals surface area contributed by atoms with Crippen LogP contribution in [0.25, 0.3) is 0 Å². The van der Waals surface area contributed by atoms with E-state index >= 15 is 0 Å². The molecule has 0 amide bonds. The topological polar surface area (TPSA) is 59.8 Å². The molecule has 1 heterocycles. The van der Waals surface area contributed by atoms with Gasteiger partial charge in [0.2, 0.25) is 0 Å². The van der Waals surface area contributed by atoms with Crippen LogP contribution < -0.4 is 5.32 Å². The van der Waals surface area contributed by atoms with E-state index in [0.717, 1.165) is 0 Å². The van der Waals surface area contributed by atoms with Gasteiger partial charge in [-0.15, -0.1) is 0 Å². The molecule has 0 unspecified atom stereocenters. The van der Waals surface area contributed by atoms with Gasteiger partial charge in [0.1, 0.15) is 12.2 Å². The van der Waals surface area contributed by atoms with Gasteiger partial charge in [-0.05, 0) is 7.05 Å². The van der Waals surface area contributed by atoms with Crippen molar-refractivity contribution in [2.75, 3.05) is 13.6 Å². The summed E-state index contributed by atoms with van der Waals surface area (Å²) in [6, 6.07) is 0.